The quantitative estimate of drug-likeness (QED) is 0.641. The average molecular weight is 271 g/mol. The van der Waals surface area contributed by atoms with E-state index in [1.807, 2.05) is 0 Å². The van der Waals surface area contributed by atoms with Crippen molar-refractivity contribution in [3.8, 4) is 0 Å². The van der Waals surface area contributed by atoms with E-state index in [0.717, 1.165) is 25.9 Å². The van der Waals surface area contributed by atoms with Crippen molar-refractivity contribution in [3.63, 3.8) is 0 Å². The number of urea groups is 1. The number of hydrogen-bond donors (Lipinski definition) is 3. The third-order valence-electron chi connectivity index (χ3n) is 3.09. The van der Waals surface area contributed by atoms with Crippen molar-refractivity contribution < 1.29 is 19.5 Å². The minimum Gasteiger partial charge on any atom is -0.480 e. The third-order valence-corrected chi connectivity index (χ3v) is 3.09. The second-order valence-corrected chi connectivity index (χ2v) is 4.54. The molecule has 0 aromatic carbocycles. The van der Waals surface area contributed by atoms with E-state index < -0.39 is 18.0 Å². The second-order valence-electron chi connectivity index (χ2n) is 4.54. The first-order valence-corrected chi connectivity index (χ1v) is 6.59. The molecule has 0 aromatic rings. The van der Waals surface area contributed by atoms with Crippen molar-refractivity contribution in [2.24, 2.45) is 0 Å². The highest BCUT2D eigenvalue weighted by Gasteiger charge is 2.19. The number of hydrogen-bond acceptors (Lipinski definition) is 3. The summed E-state index contributed by atoms with van der Waals surface area (Å²) in [6.07, 6.45) is 2.64. The number of carboxylic acid groups (broad SMARTS) is 1. The molecule has 3 N–H and O–H groups in total. The van der Waals surface area contributed by atoms with E-state index in [0.29, 0.717) is 6.42 Å². The van der Waals surface area contributed by atoms with Crippen molar-refractivity contribution >= 4 is 17.9 Å². The molecule has 0 unspecified atom stereocenters. The first kappa shape index (κ1) is 15.3. The number of likely N-dealkylation sites (tertiary alicyclic amines) is 1. The highest BCUT2D eigenvalue weighted by molar-refractivity contribution is 5.83. The molecule has 1 fully saturated rings. The van der Waals surface area contributed by atoms with Crippen LogP contribution in [0.4, 0.5) is 4.79 Å². The summed E-state index contributed by atoms with van der Waals surface area (Å²) in [5.41, 5.74) is 0. The molecule has 0 bridgehead atoms. The summed E-state index contributed by atoms with van der Waals surface area (Å²) in [6.45, 7) is 3.48. The Morgan fingerprint density at radius 3 is 2.42 bits per heavy atom. The van der Waals surface area contributed by atoms with Gasteiger partial charge in [-0.15, -0.1) is 0 Å². The van der Waals surface area contributed by atoms with Crippen LogP contribution >= 0.6 is 0 Å². The normalized spacial score (nSPS) is 15.9. The van der Waals surface area contributed by atoms with Gasteiger partial charge in [0, 0.05) is 26.1 Å². The number of rotatable bonds is 6. The number of amides is 3. The summed E-state index contributed by atoms with van der Waals surface area (Å²) in [7, 11) is 0. The first-order valence-electron chi connectivity index (χ1n) is 6.59. The maximum atomic E-state index is 11.7. The fourth-order valence-corrected chi connectivity index (χ4v) is 1.96. The van der Waals surface area contributed by atoms with Gasteiger partial charge in [0.2, 0.25) is 5.91 Å². The Bertz CT molecular complexity index is 340. The van der Waals surface area contributed by atoms with Crippen LogP contribution in [0.3, 0.4) is 0 Å². The van der Waals surface area contributed by atoms with Crippen LogP contribution in [-0.2, 0) is 9.59 Å². The van der Waals surface area contributed by atoms with Crippen LogP contribution in [0, 0.1) is 0 Å². The fourth-order valence-electron chi connectivity index (χ4n) is 1.96. The summed E-state index contributed by atoms with van der Waals surface area (Å²) >= 11 is 0. The highest BCUT2D eigenvalue weighted by Crippen LogP contribution is 2.08. The van der Waals surface area contributed by atoms with Gasteiger partial charge in [-0.2, -0.15) is 0 Å². The molecule has 0 radical (unpaired) electrons. The maximum absolute atomic E-state index is 11.7. The topological polar surface area (TPSA) is 98.7 Å². The Kier molecular flexibility index (Phi) is 6.11. The van der Waals surface area contributed by atoms with Crippen LogP contribution in [0.2, 0.25) is 0 Å². The maximum Gasteiger partial charge on any atom is 0.326 e. The molecule has 108 valence electrons. The lowest BCUT2D eigenvalue weighted by Crippen LogP contribution is -2.46. The summed E-state index contributed by atoms with van der Waals surface area (Å²) in [6, 6.07) is -1.45. The molecule has 7 nitrogen and oxygen atoms in total. The van der Waals surface area contributed by atoms with E-state index in [2.05, 4.69) is 10.6 Å². The Labute approximate surface area is 112 Å². The zero-order chi connectivity index (χ0) is 14.3. The van der Waals surface area contributed by atoms with Gasteiger partial charge in [0.1, 0.15) is 6.04 Å². The SMILES string of the molecule is CC[C@@H](NC(=O)NCCC(=O)N1CCCC1)C(=O)O. The molecule has 19 heavy (non-hydrogen) atoms. The molecule has 1 atom stereocenters. The van der Waals surface area contributed by atoms with Crippen molar-refractivity contribution in [2.45, 2.75) is 38.6 Å². The van der Waals surface area contributed by atoms with E-state index in [-0.39, 0.29) is 18.9 Å². The third kappa shape index (κ3) is 5.15. The van der Waals surface area contributed by atoms with Gasteiger partial charge < -0.3 is 20.6 Å². The lowest BCUT2D eigenvalue weighted by Gasteiger charge is -2.16. The molecule has 0 aliphatic carbocycles. The molecule has 1 aliphatic rings. The summed E-state index contributed by atoms with van der Waals surface area (Å²) < 4.78 is 0. The number of aliphatic carboxylic acids is 1. The highest BCUT2D eigenvalue weighted by atomic mass is 16.4. The molecule has 1 saturated heterocycles. The molecule has 7 heteroatoms. The predicted octanol–water partition coefficient (Wildman–Crippen LogP) is 0.161. The van der Waals surface area contributed by atoms with E-state index in [1.54, 1.807) is 11.8 Å². The number of nitrogens with one attached hydrogen (secondary N) is 2. The number of carbonyl (C=O) groups excluding carboxylic acids is 2. The van der Waals surface area contributed by atoms with Crippen LogP contribution in [0.1, 0.15) is 32.6 Å². The Balaban J connectivity index is 2.19. The van der Waals surface area contributed by atoms with Gasteiger partial charge in [-0.05, 0) is 19.3 Å². The molecule has 1 rings (SSSR count). The molecule has 3 amide bonds. The number of carbonyl (C=O) groups is 3. The van der Waals surface area contributed by atoms with E-state index in [1.165, 1.54) is 0 Å². The fraction of sp³-hybridized carbons (Fsp3) is 0.750. The number of carboxylic acids is 1. The van der Waals surface area contributed by atoms with E-state index in [4.69, 9.17) is 5.11 Å². The Morgan fingerprint density at radius 1 is 1.26 bits per heavy atom. The van der Waals surface area contributed by atoms with Gasteiger partial charge in [0.15, 0.2) is 0 Å². The summed E-state index contributed by atoms with van der Waals surface area (Å²) in [5, 5.41) is 13.6. The van der Waals surface area contributed by atoms with Gasteiger partial charge in [-0.1, -0.05) is 6.92 Å². The summed E-state index contributed by atoms with van der Waals surface area (Å²) in [4.78, 5) is 35.6. The molecule has 0 saturated carbocycles. The minimum atomic E-state index is -1.06. The van der Waals surface area contributed by atoms with Gasteiger partial charge in [-0.3, -0.25) is 4.79 Å². The van der Waals surface area contributed by atoms with Crippen LogP contribution < -0.4 is 10.6 Å². The number of nitrogens with zero attached hydrogens (tertiary/aromatic N) is 1. The zero-order valence-corrected chi connectivity index (χ0v) is 11.1. The summed E-state index contributed by atoms with van der Waals surface area (Å²) in [5.74, 6) is -1.03. The second kappa shape index (κ2) is 7.60. The van der Waals surface area contributed by atoms with Crippen LogP contribution in [-0.4, -0.2) is 53.6 Å². The predicted molar refractivity (Wildman–Crippen MR) is 68.7 cm³/mol. The standard InChI is InChI=1S/C12H21N3O4/c1-2-9(11(17)18)14-12(19)13-6-5-10(16)15-7-3-4-8-15/h9H,2-8H2,1H3,(H,17,18)(H2,13,14,19)/t9-/m1/s1. The van der Waals surface area contributed by atoms with Gasteiger partial charge in [-0.25, -0.2) is 9.59 Å². The molecule has 1 aliphatic heterocycles. The minimum absolute atomic E-state index is 0.0306. The van der Waals surface area contributed by atoms with Crippen molar-refractivity contribution in [2.75, 3.05) is 19.6 Å². The van der Waals surface area contributed by atoms with Crippen molar-refractivity contribution in [3.05, 3.63) is 0 Å². The lowest BCUT2D eigenvalue weighted by atomic mass is 10.2. The molecule has 1 heterocycles. The largest absolute Gasteiger partial charge is 0.480 e. The van der Waals surface area contributed by atoms with E-state index in [9.17, 15) is 14.4 Å². The van der Waals surface area contributed by atoms with Gasteiger partial charge in [0.05, 0.1) is 0 Å². The van der Waals surface area contributed by atoms with Crippen LogP contribution in [0.25, 0.3) is 0 Å². The van der Waals surface area contributed by atoms with Crippen molar-refractivity contribution in [1.29, 1.82) is 0 Å². The zero-order valence-electron chi connectivity index (χ0n) is 11.1. The van der Waals surface area contributed by atoms with Gasteiger partial charge in [0.25, 0.3) is 0 Å². The van der Waals surface area contributed by atoms with Crippen molar-refractivity contribution in [1.82, 2.24) is 15.5 Å². The van der Waals surface area contributed by atoms with Gasteiger partial charge >= 0.3 is 12.0 Å². The average Bonchev–Trinajstić information content (AvgIpc) is 2.89. The smallest absolute Gasteiger partial charge is 0.326 e. The molecule has 0 spiro atoms. The molecular formula is C12H21N3O4. The van der Waals surface area contributed by atoms with E-state index >= 15 is 0 Å². The van der Waals surface area contributed by atoms with Crippen LogP contribution in [0.5, 0.6) is 0 Å². The Hall–Kier alpha value is -1.79. The lowest BCUT2D eigenvalue weighted by molar-refractivity contribution is -0.139. The Morgan fingerprint density at radius 2 is 1.89 bits per heavy atom. The molecule has 0 aromatic heterocycles. The van der Waals surface area contributed by atoms with Crippen LogP contribution in [0.15, 0.2) is 0 Å². The monoisotopic (exact) mass is 271 g/mol. The first-order chi connectivity index (χ1) is 9.04. The molecular weight excluding hydrogens is 250 g/mol.